The molecule has 4 aliphatic rings. The number of aliphatic hydroxyl groups excluding tert-OH is 2. The van der Waals surface area contributed by atoms with Crippen LogP contribution in [0.4, 0.5) is 0 Å². The maximum atomic E-state index is 10.5. The second kappa shape index (κ2) is 6.33. The lowest BCUT2D eigenvalue weighted by atomic mass is 9.45. The molecule has 0 bridgehead atoms. The highest BCUT2D eigenvalue weighted by atomic mass is 16.3. The zero-order valence-electron chi connectivity index (χ0n) is 15.7. The van der Waals surface area contributed by atoms with Gasteiger partial charge in [0.1, 0.15) is 0 Å². The zero-order chi connectivity index (χ0) is 16.8. The van der Waals surface area contributed by atoms with E-state index in [2.05, 4.69) is 13.8 Å². The number of hydrogen-bond donors (Lipinski definition) is 2. The Morgan fingerprint density at radius 1 is 0.739 bits per heavy atom. The molecule has 0 aromatic rings. The van der Waals surface area contributed by atoms with Crippen molar-refractivity contribution in [3.8, 4) is 0 Å². The van der Waals surface area contributed by atoms with Gasteiger partial charge in [-0.3, -0.25) is 0 Å². The number of aliphatic hydroxyl groups is 2. The molecule has 0 saturated heterocycles. The predicted molar refractivity (Wildman–Crippen MR) is 95.1 cm³/mol. The zero-order valence-corrected chi connectivity index (χ0v) is 15.7. The van der Waals surface area contributed by atoms with Gasteiger partial charge in [0.05, 0.1) is 12.2 Å². The van der Waals surface area contributed by atoms with Gasteiger partial charge in [0.25, 0.3) is 0 Å². The third-order valence-corrected chi connectivity index (χ3v) is 8.59. The Kier molecular flexibility index (Phi) is 4.88. The quantitative estimate of drug-likeness (QED) is 0.674. The van der Waals surface area contributed by atoms with Gasteiger partial charge < -0.3 is 10.2 Å². The fourth-order valence-corrected chi connectivity index (χ4v) is 7.21. The highest BCUT2D eigenvalue weighted by molar-refractivity contribution is 5.09. The summed E-state index contributed by atoms with van der Waals surface area (Å²) in [5, 5.41) is 20.5. The molecule has 0 aliphatic heterocycles. The van der Waals surface area contributed by atoms with E-state index in [0.29, 0.717) is 5.41 Å². The van der Waals surface area contributed by atoms with E-state index in [-0.39, 0.29) is 17.6 Å². The molecule has 4 rings (SSSR count). The van der Waals surface area contributed by atoms with Crippen LogP contribution in [0.3, 0.4) is 0 Å². The van der Waals surface area contributed by atoms with Crippen molar-refractivity contribution in [3.63, 3.8) is 0 Å². The summed E-state index contributed by atoms with van der Waals surface area (Å²) in [7, 11) is 0. The Morgan fingerprint density at radius 3 is 2.13 bits per heavy atom. The molecule has 2 nitrogen and oxygen atoms in total. The average molecular weight is 323 g/mol. The minimum Gasteiger partial charge on any atom is -0.393 e. The normalized spacial score (nSPS) is 55.0. The van der Waals surface area contributed by atoms with Gasteiger partial charge in [-0.1, -0.05) is 27.7 Å². The van der Waals surface area contributed by atoms with Crippen LogP contribution in [0, 0.1) is 34.5 Å². The smallest absolute Gasteiger partial charge is 0.0596 e. The maximum absolute atomic E-state index is 10.5. The van der Waals surface area contributed by atoms with Gasteiger partial charge in [0, 0.05) is 0 Å². The molecule has 2 N–H and O–H groups in total. The van der Waals surface area contributed by atoms with Crippen LogP contribution in [0.2, 0.25) is 0 Å². The van der Waals surface area contributed by atoms with Crippen LogP contribution in [0.25, 0.3) is 0 Å². The molecule has 4 fully saturated rings. The molecule has 0 aromatic heterocycles. The third kappa shape index (κ3) is 2.59. The molecule has 0 heterocycles. The van der Waals surface area contributed by atoms with E-state index in [4.69, 9.17) is 0 Å². The average Bonchev–Trinajstić information content (AvgIpc) is 2.86. The van der Waals surface area contributed by atoms with Crippen LogP contribution >= 0.6 is 0 Å². The lowest BCUT2D eigenvalue weighted by Crippen LogP contribution is -2.54. The van der Waals surface area contributed by atoms with Crippen molar-refractivity contribution < 1.29 is 10.2 Å². The van der Waals surface area contributed by atoms with Crippen LogP contribution in [-0.2, 0) is 0 Å². The topological polar surface area (TPSA) is 40.5 Å². The van der Waals surface area contributed by atoms with Crippen LogP contribution in [0.1, 0.15) is 85.5 Å². The Balaban J connectivity index is 0.000000753. The lowest BCUT2D eigenvalue weighted by molar-refractivity contribution is -0.133. The fraction of sp³-hybridized carbons (Fsp3) is 1.00. The molecular weight excluding hydrogens is 284 g/mol. The molecular formula is C21H38O2. The second-order valence-electron chi connectivity index (χ2n) is 9.22. The molecule has 8 atom stereocenters. The van der Waals surface area contributed by atoms with Crippen LogP contribution in [0.15, 0.2) is 0 Å². The summed E-state index contributed by atoms with van der Waals surface area (Å²) in [6.07, 6.45) is 10.7. The van der Waals surface area contributed by atoms with Gasteiger partial charge >= 0.3 is 0 Å². The Labute approximate surface area is 143 Å². The van der Waals surface area contributed by atoms with E-state index in [1.807, 2.05) is 13.8 Å². The van der Waals surface area contributed by atoms with Gasteiger partial charge in [0.2, 0.25) is 0 Å². The molecule has 0 amide bonds. The molecule has 4 saturated carbocycles. The summed E-state index contributed by atoms with van der Waals surface area (Å²) in [4.78, 5) is 0. The van der Waals surface area contributed by atoms with Gasteiger partial charge in [0.15, 0.2) is 0 Å². The van der Waals surface area contributed by atoms with E-state index in [1.165, 1.54) is 38.5 Å². The summed E-state index contributed by atoms with van der Waals surface area (Å²) in [6.45, 7) is 8.90. The van der Waals surface area contributed by atoms with Crippen molar-refractivity contribution >= 4 is 0 Å². The minimum absolute atomic E-state index is 0.0400. The van der Waals surface area contributed by atoms with Crippen molar-refractivity contribution in [2.45, 2.75) is 97.7 Å². The monoisotopic (exact) mass is 322 g/mol. The van der Waals surface area contributed by atoms with E-state index < -0.39 is 0 Å². The van der Waals surface area contributed by atoms with Gasteiger partial charge in [-0.05, 0) is 92.3 Å². The number of rotatable bonds is 0. The van der Waals surface area contributed by atoms with Crippen LogP contribution in [-0.4, -0.2) is 22.4 Å². The van der Waals surface area contributed by atoms with Crippen LogP contribution in [0.5, 0.6) is 0 Å². The van der Waals surface area contributed by atoms with Gasteiger partial charge in [-0.15, -0.1) is 0 Å². The van der Waals surface area contributed by atoms with E-state index in [0.717, 1.165) is 42.9 Å². The molecule has 0 radical (unpaired) electrons. The van der Waals surface area contributed by atoms with Crippen molar-refractivity contribution in [1.29, 1.82) is 0 Å². The molecule has 4 aliphatic carbocycles. The first-order valence-corrected chi connectivity index (χ1v) is 10.3. The summed E-state index contributed by atoms with van der Waals surface area (Å²) >= 11 is 0. The summed E-state index contributed by atoms with van der Waals surface area (Å²) in [5.41, 5.74) is 0.676. The van der Waals surface area contributed by atoms with Gasteiger partial charge in [-0.25, -0.2) is 0 Å². The highest BCUT2D eigenvalue weighted by Crippen LogP contribution is 2.66. The summed E-state index contributed by atoms with van der Waals surface area (Å²) in [5.74, 6) is 3.21. The van der Waals surface area contributed by atoms with Crippen molar-refractivity contribution in [3.05, 3.63) is 0 Å². The van der Waals surface area contributed by atoms with E-state index >= 15 is 0 Å². The van der Waals surface area contributed by atoms with Crippen molar-refractivity contribution in [2.75, 3.05) is 0 Å². The molecule has 4 unspecified atom stereocenters. The molecule has 0 spiro atoms. The van der Waals surface area contributed by atoms with E-state index in [1.54, 1.807) is 0 Å². The first-order chi connectivity index (χ1) is 10.9. The molecule has 134 valence electrons. The molecule has 0 aromatic carbocycles. The number of fused-ring (bicyclic) bond motifs is 5. The van der Waals surface area contributed by atoms with Crippen molar-refractivity contribution in [2.24, 2.45) is 34.5 Å². The number of hydrogen-bond acceptors (Lipinski definition) is 2. The maximum Gasteiger partial charge on any atom is 0.0596 e. The van der Waals surface area contributed by atoms with Crippen molar-refractivity contribution in [1.82, 2.24) is 0 Å². The van der Waals surface area contributed by atoms with E-state index in [9.17, 15) is 10.2 Å². The fourth-order valence-electron chi connectivity index (χ4n) is 7.21. The van der Waals surface area contributed by atoms with Crippen LogP contribution < -0.4 is 0 Å². The summed E-state index contributed by atoms with van der Waals surface area (Å²) < 4.78 is 0. The first-order valence-electron chi connectivity index (χ1n) is 10.3. The molecule has 23 heavy (non-hydrogen) atoms. The minimum atomic E-state index is -0.0536. The van der Waals surface area contributed by atoms with Gasteiger partial charge in [-0.2, -0.15) is 0 Å². The summed E-state index contributed by atoms with van der Waals surface area (Å²) in [6, 6.07) is 0. The molecule has 2 heteroatoms. The standard InChI is InChI=1S/C19H32O2.C2H6/c1-18-9-7-13(20)11-12(18)3-4-14-15-5-6-17(21)19(15,2)10-8-16(14)18;1-2/h12-17,20-21H,3-11H2,1-2H3;1-2H3/t12?,13-,14?,15?,16?,17-,18-,19-;/m0./s1. The Morgan fingerprint density at radius 2 is 1.39 bits per heavy atom. The lowest BCUT2D eigenvalue weighted by Gasteiger charge is -2.60. The first kappa shape index (κ1) is 17.7. The SMILES string of the molecule is CC.C[C@]12CC[C@H](O)CC1CCC1C2CC[C@@]2(C)C1CC[C@@H]2O. The predicted octanol–water partition coefficient (Wildman–Crippen LogP) is 4.78. The second-order valence-corrected chi connectivity index (χ2v) is 9.22. The Bertz CT molecular complexity index is 422. The Hall–Kier alpha value is -0.0800. The third-order valence-electron chi connectivity index (χ3n) is 8.59. The highest BCUT2D eigenvalue weighted by Gasteiger charge is 2.59. The largest absolute Gasteiger partial charge is 0.393 e.